The molecule has 0 aliphatic rings. The van der Waals surface area contributed by atoms with Crippen molar-refractivity contribution in [3.8, 4) is 5.75 Å². The summed E-state index contributed by atoms with van der Waals surface area (Å²) in [4.78, 5) is 10.8. The SMILES string of the molecule is COc1c(C)cc(C)cc1C(=C(C=C(F)C(O)(O)CCCC(=O)O)C(C)C)c1ccc(F)c(C)c1. The summed E-state index contributed by atoms with van der Waals surface area (Å²) in [5.74, 6) is -5.22. The highest BCUT2D eigenvalue weighted by Crippen LogP contribution is 2.40. The van der Waals surface area contributed by atoms with Gasteiger partial charge < -0.3 is 20.1 Å². The van der Waals surface area contributed by atoms with E-state index in [1.165, 1.54) is 13.2 Å². The van der Waals surface area contributed by atoms with E-state index >= 15 is 4.39 Å². The number of aryl methyl sites for hydroxylation is 3. The molecule has 5 nitrogen and oxygen atoms in total. The maximum absolute atomic E-state index is 15.3. The molecule has 0 bridgehead atoms. The fourth-order valence-electron chi connectivity index (χ4n) is 4.07. The van der Waals surface area contributed by atoms with Gasteiger partial charge in [0, 0.05) is 18.4 Å². The van der Waals surface area contributed by atoms with E-state index in [1.54, 1.807) is 19.1 Å². The highest BCUT2D eigenvalue weighted by atomic mass is 19.1. The number of benzene rings is 2. The molecule has 0 atom stereocenters. The van der Waals surface area contributed by atoms with Gasteiger partial charge in [0.05, 0.1) is 7.11 Å². The summed E-state index contributed by atoms with van der Waals surface area (Å²) in [6, 6.07) is 8.45. The van der Waals surface area contributed by atoms with Gasteiger partial charge in [-0.2, -0.15) is 0 Å². The Hall–Kier alpha value is -3.03. The Morgan fingerprint density at radius 3 is 2.31 bits per heavy atom. The van der Waals surface area contributed by atoms with E-state index in [1.807, 2.05) is 39.8 Å². The zero-order valence-corrected chi connectivity index (χ0v) is 21.1. The number of aliphatic carboxylic acids is 1. The second-order valence-corrected chi connectivity index (χ2v) is 9.17. The molecule has 0 radical (unpaired) electrons. The molecular weight excluding hydrogens is 454 g/mol. The van der Waals surface area contributed by atoms with Gasteiger partial charge in [0.15, 0.2) is 5.83 Å². The number of allylic oxidation sites excluding steroid dienone is 2. The number of carbonyl (C=O) groups is 1. The summed E-state index contributed by atoms with van der Waals surface area (Å²) in [6.45, 7) is 9.12. The van der Waals surface area contributed by atoms with Crippen LogP contribution in [0.5, 0.6) is 5.75 Å². The molecule has 2 aromatic carbocycles. The van der Waals surface area contributed by atoms with Gasteiger partial charge in [-0.3, -0.25) is 4.79 Å². The van der Waals surface area contributed by atoms with Crippen molar-refractivity contribution in [2.24, 2.45) is 5.92 Å². The molecule has 0 aliphatic heterocycles. The molecular formula is C28H34F2O5. The average Bonchev–Trinajstić information content (AvgIpc) is 2.74. The number of hydrogen-bond acceptors (Lipinski definition) is 4. The van der Waals surface area contributed by atoms with Gasteiger partial charge in [0.1, 0.15) is 11.6 Å². The molecule has 2 rings (SSSR count). The highest BCUT2D eigenvalue weighted by molar-refractivity contribution is 5.87. The number of ether oxygens (including phenoxy) is 1. The number of carboxylic acids is 1. The predicted octanol–water partition coefficient (Wildman–Crippen LogP) is 6.01. The number of halogens is 2. The monoisotopic (exact) mass is 488 g/mol. The average molecular weight is 489 g/mol. The van der Waals surface area contributed by atoms with E-state index in [4.69, 9.17) is 9.84 Å². The van der Waals surface area contributed by atoms with Crippen LogP contribution in [-0.4, -0.2) is 34.2 Å². The first-order chi connectivity index (χ1) is 16.3. The lowest BCUT2D eigenvalue weighted by molar-refractivity contribution is -0.150. The minimum Gasteiger partial charge on any atom is -0.496 e. The van der Waals surface area contributed by atoms with Crippen LogP contribution in [0.15, 0.2) is 47.8 Å². The Kier molecular flexibility index (Phi) is 9.35. The minimum absolute atomic E-state index is 0.112. The van der Waals surface area contributed by atoms with Gasteiger partial charge in [-0.25, -0.2) is 8.78 Å². The van der Waals surface area contributed by atoms with Crippen molar-refractivity contribution in [1.29, 1.82) is 0 Å². The van der Waals surface area contributed by atoms with Gasteiger partial charge in [-0.05, 0) is 90.8 Å². The van der Waals surface area contributed by atoms with Crippen LogP contribution < -0.4 is 4.74 Å². The molecule has 35 heavy (non-hydrogen) atoms. The van der Waals surface area contributed by atoms with E-state index in [-0.39, 0.29) is 24.6 Å². The first kappa shape index (κ1) is 28.2. The summed E-state index contributed by atoms with van der Waals surface area (Å²) in [5.41, 5.74) is 4.51. The number of methoxy groups -OCH3 is 1. The van der Waals surface area contributed by atoms with Crippen LogP contribution in [0, 0.1) is 32.5 Å². The van der Waals surface area contributed by atoms with Gasteiger partial charge in [-0.15, -0.1) is 0 Å². The molecule has 0 fully saturated rings. The standard InChI is InChI=1S/C28H34F2O5/c1-16(2)21(15-24(30)28(33,34)11-7-8-25(31)32)26(20-9-10-23(29)18(4)14-20)22-13-17(3)12-19(5)27(22)35-6/h9-10,12-16,33-34H,7-8,11H2,1-6H3,(H,31,32). The predicted molar refractivity (Wildman–Crippen MR) is 132 cm³/mol. The third-order valence-electron chi connectivity index (χ3n) is 5.83. The number of rotatable bonds is 10. The molecule has 0 saturated carbocycles. The third kappa shape index (κ3) is 6.99. The van der Waals surface area contributed by atoms with Crippen LogP contribution in [0.2, 0.25) is 0 Å². The van der Waals surface area contributed by atoms with Crippen molar-refractivity contribution in [3.63, 3.8) is 0 Å². The molecule has 2 aromatic rings. The summed E-state index contributed by atoms with van der Waals surface area (Å²) in [6.07, 6.45) is 0.170. The van der Waals surface area contributed by atoms with Gasteiger partial charge >= 0.3 is 5.97 Å². The number of carboxylic acid groups (broad SMARTS) is 1. The minimum atomic E-state index is -2.83. The molecule has 0 spiro atoms. The van der Waals surface area contributed by atoms with Crippen molar-refractivity contribution >= 4 is 11.5 Å². The molecule has 0 amide bonds. The van der Waals surface area contributed by atoms with Crippen LogP contribution in [-0.2, 0) is 4.79 Å². The van der Waals surface area contributed by atoms with Crippen LogP contribution in [0.25, 0.3) is 5.57 Å². The highest BCUT2D eigenvalue weighted by Gasteiger charge is 2.30. The Morgan fingerprint density at radius 1 is 1.11 bits per heavy atom. The van der Waals surface area contributed by atoms with E-state index in [0.29, 0.717) is 33.6 Å². The fraction of sp³-hybridized carbons (Fsp3) is 0.393. The molecule has 0 unspecified atom stereocenters. The smallest absolute Gasteiger partial charge is 0.303 e. The quantitative estimate of drug-likeness (QED) is 0.282. The van der Waals surface area contributed by atoms with Crippen LogP contribution >= 0.6 is 0 Å². The fourth-order valence-corrected chi connectivity index (χ4v) is 4.07. The zero-order valence-electron chi connectivity index (χ0n) is 21.1. The molecule has 0 aliphatic carbocycles. The van der Waals surface area contributed by atoms with Gasteiger partial charge in [0.2, 0.25) is 5.79 Å². The lowest BCUT2D eigenvalue weighted by Crippen LogP contribution is -2.29. The normalized spacial score (nSPS) is 13.2. The summed E-state index contributed by atoms with van der Waals surface area (Å²) < 4.78 is 35.1. The second-order valence-electron chi connectivity index (χ2n) is 9.17. The third-order valence-corrected chi connectivity index (χ3v) is 5.83. The molecule has 190 valence electrons. The number of hydrogen-bond donors (Lipinski definition) is 3. The van der Waals surface area contributed by atoms with Crippen LogP contribution in [0.1, 0.15) is 60.9 Å². The van der Waals surface area contributed by atoms with Gasteiger partial charge in [-0.1, -0.05) is 26.0 Å². The lowest BCUT2D eigenvalue weighted by atomic mass is 9.85. The lowest BCUT2D eigenvalue weighted by Gasteiger charge is -2.24. The van der Waals surface area contributed by atoms with Crippen molar-refractivity contribution in [1.82, 2.24) is 0 Å². The Balaban J connectivity index is 2.85. The summed E-state index contributed by atoms with van der Waals surface area (Å²) >= 11 is 0. The molecule has 0 saturated heterocycles. The zero-order chi connectivity index (χ0) is 26.5. The van der Waals surface area contributed by atoms with Crippen molar-refractivity contribution < 1.29 is 33.6 Å². The molecule has 0 heterocycles. The van der Waals surface area contributed by atoms with E-state index in [2.05, 4.69) is 0 Å². The maximum Gasteiger partial charge on any atom is 0.303 e. The van der Waals surface area contributed by atoms with E-state index in [0.717, 1.165) is 17.2 Å². The Morgan fingerprint density at radius 2 is 1.77 bits per heavy atom. The maximum atomic E-state index is 15.3. The molecule has 3 N–H and O–H groups in total. The first-order valence-electron chi connectivity index (χ1n) is 11.5. The van der Waals surface area contributed by atoms with E-state index in [9.17, 15) is 19.4 Å². The topological polar surface area (TPSA) is 87.0 Å². The van der Waals surface area contributed by atoms with Gasteiger partial charge in [0.25, 0.3) is 0 Å². The second kappa shape index (κ2) is 11.6. The Labute approximate surface area is 205 Å². The Bertz CT molecular complexity index is 1150. The van der Waals surface area contributed by atoms with Crippen LogP contribution in [0.3, 0.4) is 0 Å². The van der Waals surface area contributed by atoms with Crippen LogP contribution in [0.4, 0.5) is 8.78 Å². The van der Waals surface area contributed by atoms with E-state index < -0.39 is 24.0 Å². The summed E-state index contributed by atoms with van der Waals surface area (Å²) in [5, 5.41) is 29.5. The molecule has 7 heteroatoms. The van der Waals surface area contributed by atoms with Crippen molar-refractivity contribution in [3.05, 3.63) is 81.4 Å². The summed E-state index contributed by atoms with van der Waals surface area (Å²) in [7, 11) is 1.54. The molecule has 0 aromatic heterocycles. The first-order valence-corrected chi connectivity index (χ1v) is 11.5. The largest absolute Gasteiger partial charge is 0.496 e. The number of aliphatic hydroxyl groups is 2. The van der Waals surface area contributed by atoms with Crippen molar-refractivity contribution in [2.45, 2.75) is 59.7 Å². The van der Waals surface area contributed by atoms with Crippen molar-refractivity contribution in [2.75, 3.05) is 7.11 Å².